The number of benzene rings is 1. The maximum Gasteiger partial charge on any atom is 0.306 e. The van der Waals surface area contributed by atoms with Crippen LogP contribution in [0.3, 0.4) is 0 Å². The number of hydrogen-bond donors (Lipinski definition) is 1. The van der Waals surface area contributed by atoms with Crippen LogP contribution in [0.2, 0.25) is 0 Å². The van der Waals surface area contributed by atoms with Crippen LogP contribution in [-0.4, -0.2) is 25.3 Å². The zero-order valence-corrected chi connectivity index (χ0v) is 10.0. The number of methoxy groups -OCH3 is 2. The molecule has 0 amide bonds. The summed E-state index contributed by atoms with van der Waals surface area (Å²) in [6.07, 6.45) is 1.47. The number of ether oxygens (including phenoxy) is 2. The highest BCUT2D eigenvalue weighted by molar-refractivity contribution is 5.69. The Bertz CT molecular complexity index is 441. The summed E-state index contributed by atoms with van der Waals surface area (Å²) in [6.45, 7) is 0. The molecule has 1 aliphatic rings. The molecule has 1 aliphatic carbocycles. The molecule has 4 nitrogen and oxygen atoms in total. The molecule has 0 saturated heterocycles. The molecule has 0 fully saturated rings. The second-order valence-corrected chi connectivity index (χ2v) is 4.26. The van der Waals surface area contributed by atoms with Crippen LogP contribution in [0, 0.1) is 0 Å². The van der Waals surface area contributed by atoms with Crippen molar-refractivity contribution in [2.45, 2.75) is 24.9 Å². The number of carboxylic acid groups (broad SMARTS) is 1. The SMILES string of the molecule is COc1cccc2c1CCC2(CC(=O)O)OC. The molecule has 17 heavy (non-hydrogen) atoms. The number of hydrogen-bond acceptors (Lipinski definition) is 3. The Morgan fingerprint density at radius 3 is 2.82 bits per heavy atom. The molecule has 1 atom stereocenters. The molecule has 1 aromatic carbocycles. The number of fused-ring (bicyclic) bond motifs is 1. The van der Waals surface area contributed by atoms with Gasteiger partial charge in [0.25, 0.3) is 0 Å². The van der Waals surface area contributed by atoms with Gasteiger partial charge in [0, 0.05) is 12.7 Å². The van der Waals surface area contributed by atoms with Crippen LogP contribution in [0.4, 0.5) is 0 Å². The Labute approximate surface area is 100 Å². The average Bonchev–Trinajstić information content (AvgIpc) is 2.68. The quantitative estimate of drug-likeness (QED) is 0.868. The molecule has 2 rings (SSSR count). The van der Waals surface area contributed by atoms with Gasteiger partial charge in [0.15, 0.2) is 0 Å². The summed E-state index contributed by atoms with van der Waals surface area (Å²) < 4.78 is 10.8. The fraction of sp³-hybridized carbons (Fsp3) is 0.462. The molecule has 1 aromatic rings. The normalized spacial score (nSPS) is 22.2. The minimum absolute atomic E-state index is 0.0103. The summed E-state index contributed by atoms with van der Waals surface area (Å²) in [4.78, 5) is 11.0. The van der Waals surface area contributed by atoms with E-state index in [1.807, 2.05) is 18.2 Å². The predicted octanol–water partition coefficient (Wildman–Crippen LogP) is 1.96. The molecule has 0 aromatic heterocycles. The summed E-state index contributed by atoms with van der Waals surface area (Å²) in [6, 6.07) is 5.70. The number of carboxylic acids is 1. The van der Waals surface area contributed by atoms with E-state index in [2.05, 4.69) is 0 Å². The van der Waals surface area contributed by atoms with Crippen molar-refractivity contribution in [3.63, 3.8) is 0 Å². The second-order valence-electron chi connectivity index (χ2n) is 4.26. The average molecular weight is 236 g/mol. The highest BCUT2D eigenvalue weighted by atomic mass is 16.5. The van der Waals surface area contributed by atoms with Crippen LogP contribution >= 0.6 is 0 Å². The van der Waals surface area contributed by atoms with Gasteiger partial charge in [-0.25, -0.2) is 0 Å². The van der Waals surface area contributed by atoms with Crippen molar-refractivity contribution in [1.82, 2.24) is 0 Å². The maximum absolute atomic E-state index is 11.0. The van der Waals surface area contributed by atoms with Gasteiger partial charge in [0.2, 0.25) is 0 Å². The first kappa shape index (κ1) is 11.9. The van der Waals surface area contributed by atoms with Crippen LogP contribution < -0.4 is 4.74 Å². The van der Waals surface area contributed by atoms with Gasteiger partial charge in [0.05, 0.1) is 13.5 Å². The molecule has 92 valence electrons. The topological polar surface area (TPSA) is 55.8 Å². The Morgan fingerprint density at radius 2 is 2.24 bits per heavy atom. The summed E-state index contributed by atoms with van der Waals surface area (Å²) >= 11 is 0. The molecule has 4 heteroatoms. The van der Waals surface area contributed by atoms with Gasteiger partial charge in [-0.15, -0.1) is 0 Å². The van der Waals surface area contributed by atoms with Gasteiger partial charge in [-0.05, 0) is 24.5 Å². The van der Waals surface area contributed by atoms with Gasteiger partial charge in [-0.3, -0.25) is 4.79 Å². The minimum atomic E-state index is -0.845. The molecular formula is C13H16O4. The third kappa shape index (κ3) is 1.89. The molecule has 0 aliphatic heterocycles. The van der Waals surface area contributed by atoms with Crippen molar-refractivity contribution in [2.75, 3.05) is 14.2 Å². The lowest BCUT2D eigenvalue weighted by atomic mass is 9.92. The van der Waals surface area contributed by atoms with Crippen molar-refractivity contribution in [2.24, 2.45) is 0 Å². The standard InChI is InChI=1S/C13H16O4/c1-16-11-5-3-4-10-9(11)6-7-13(10,17-2)8-12(14)15/h3-5H,6-8H2,1-2H3,(H,14,15). The zero-order valence-electron chi connectivity index (χ0n) is 10.0. The largest absolute Gasteiger partial charge is 0.496 e. The lowest BCUT2D eigenvalue weighted by Gasteiger charge is -2.27. The fourth-order valence-corrected chi connectivity index (χ4v) is 2.62. The van der Waals surface area contributed by atoms with Gasteiger partial charge in [-0.1, -0.05) is 12.1 Å². The van der Waals surface area contributed by atoms with E-state index in [0.29, 0.717) is 6.42 Å². The lowest BCUT2D eigenvalue weighted by Crippen LogP contribution is -2.28. The van der Waals surface area contributed by atoms with E-state index >= 15 is 0 Å². The Kier molecular flexibility index (Phi) is 3.07. The van der Waals surface area contributed by atoms with Crippen LogP contribution in [0.1, 0.15) is 24.0 Å². The maximum atomic E-state index is 11.0. The zero-order chi connectivity index (χ0) is 12.5. The van der Waals surface area contributed by atoms with Crippen LogP contribution in [-0.2, 0) is 21.6 Å². The third-order valence-electron chi connectivity index (χ3n) is 3.45. The van der Waals surface area contributed by atoms with Crippen molar-refractivity contribution in [3.05, 3.63) is 29.3 Å². The Balaban J connectivity index is 2.47. The van der Waals surface area contributed by atoms with Crippen molar-refractivity contribution >= 4 is 5.97 Å². The fourth-order valence-electron chi connectivity index (χ4n) is 2.62. The molecule has 1 unspecified atom stereocenters. The summed E-state index contributed by atoms with van der Waals surface area (Å²) in [7, 11) is 3.19. The second kappa shape index (κ2) is 4.37. The van der Waals surface area contributed by atoms with Crippen molar-refractivity contribution in [1.29, 1.82) is 0 Å². The highest BCUT2D eigenvalue weighted by Gasteiger charge is 2.41. The number of aliphatic carboxylic acids is 1. The van der Waals surface area contributed by atoms with Gasteiger partial charge in [-0.2, -0.15) is 0 Å². The monoisotopic (exact) mass is 236 g/mol. The number of rotatable bonds is 4. The minimum Gasteiger partial charge on any atom is -0.496 e. The van der Waals surface area contributed by atoms with E-state index in [1.54, 1.807) is 14.2 Å². The van der Waals surface area contributed by atoms with E-state index in [1.165, 1.54) is 0 Å². The van der Waals surface area contributed by atoms with E-state index < -0.39 is 11.6 Å². The first-order valence-corrected chi connectivity index (χ1v) is 5.56. The summed E-state index contributed by atoms with van der Waals surface area (Å²) in [5.74, 6) is -0.0330. The van der Waals surface area contributed by atoms with Crippen molar-refractivity contribution in [3.8, 4) is 5.75 Å². The molecule has 0 radical (unpaired) electrons. The highest BCUT2D eigenvalue weighted by Crippen LogP contribution is 2.45. The molecule has 0 spiro atoms. The summed E-state index contributed by atoms with van der Waals surface area (Å²) in [5.41, 5.74) is 1.32. The first-order chi connectivity index (χ1) is 8.13. The third-order valence-corrected chi connectivity index (χ3v) is 3.45. The first-order valence-electron chi connectivity index (χ1n) is 5.56. The molecular weight excluding hydrogens is 220 g/mol. The lowest BCUT2D eigenvalue weighted by molar-refractivity contribution is -0.144. The van der Waals surface area contributed by atoms with Crippen molar-refractivity contribution < 1.29 is 19.4 Å². The van der Waals surface area contributed by atoms with Crippen LogP contribution in [0.5, 0.6) is 5.75 Å². The Hall–Kier alpha value is -1.55. The predicted molar refractivity (Wildman–Crippen MR) is 62.3 cm³/mol. The van der Waals surface area contributed by atoms with Crippen LogP contribution in [0.25, 0.3) is 0 Å². The van der Waals surface area contributed by atoms with Gasteiger partial charge in [0.1, 0.15) is 11.4 Å². The summed E-state index contributed by atoms with van der Waals surface area (Å²) in [5, 5.41) is 9.01. The van der Waals surface area contributed by atoms with E-state index in [-0.39, 0.29) is 6.42 Å². The Morgan fingerprint density at radius 1 is 1.47 bits per heavy atom. The van der Waals surface area contributed by atoms with E-state index in [9.17, 15) is 4.79 Å². The molecule has 0 saturated carbocycles. The number of carbonyl (C=O) groups is 1. The molecule has 0 bridgehead atoms. The molecule has 0 heterocycles. The smallest absolute Gasteiger partial charge is 0.306 e. The van der Waals surface area contributed by atoms with Gasteiger partial charge < -0.3 is 14.6 Å². The molecule has 1 N–H and O–H groups in total. The van der Waals surface area contributed by atoms with E-state index in [0.717, 1.165) is 23.3 Å². The van der Waals surface area contributed by atoms with Gasteiger partial charge >= 0.3 is 5.97 Å². The van der Waals surface area contributed by atoms with E-state index in [4.69, 9.17) is 14.6 Å². The van der Waals surface area contributed by atoms with Crippen LogP contribution in [0.15, 0.2) is 18.2 Å².